The minimum absolute atomic E-state index is 0.107. The molecule has 1 saturated heterocycles. The Labute approximate surface area is 119 Å². The average Bonchev–Trinajstić information content (AvgIpc) is 2.37. The third-order valence-corrected chi connectivity index (χ3v) is 3.83. The number of rotatable bonds is 4. The molecule has 1 aliphatic heterocycles. The summed E-state index contributed by atoms with van der Waals surface area (Å²) in [5.74, 6) is 5.50. The highest BCUT2D eigenvalue weighted by molar-refractivity contribution is 5.55. The summed E-state index contributed by atoms with van der Waals surface area (Å²) in [4.78, 5) is 12.9. The summed E-state index contributed by atoms with van der Waals surface area (Å²) >= 11 is 0. The first-order valence-electron chi connectivity index (χ1n) is 6.87. The Bertz CT molecular complexity index is 502. The molecule has 1 fully saturated rings. The number of nitrogen functional groups attached to an aromatic ring is 1. The topological polar surface area (TPSA) is 84.4 Å². The molecule has 2 rings (SSSR count). The van der Waals surface area contributed by atoms with Crippen LogP contribution < -0.4 is 11.3 Å². The number of benzene rings is 1. The molecule has 0 saturated carbocycles. The lowest BCUT2D eigenvalue weighted by Gasteiger charge is -2.38. The van der Waals surface area contributed by atoms with E-state index in [2.05, 4.69) is 24.2 Å². The number of piperidine rings is 1. The molecule has 3 N–H and O–H groups in total. The highest BCUT2D eigenvalue weighted by Crippen LogP contribution is 2.31. The van der Waals surface area contributed by atoms with Crippen molar-refractivity contribution in [3.8, 4) is 0 Å². The fourth-order valence-corrected chi connectivity index (χ4v) is 2.89. The number of hydrazine groups is 1. The maximum atomic E-state index is 10.9. The Hall–Kier alpha value is -1.66. The van der Waals surface area contributed by atoms with E-state index >= 15 is 0 Å². The molecular formula is C14H22N4O2. The van der Waals surface area contributed by atoms with E-state index in [1.807, 2.05) is 0 Å². The number of nitrogens with two attached hydrogens (primary N) is 1. The van der Waals surface area contributed by atoms with Gasteiger partial charge in [0, 0.05) is 25.2 Å². The molecule has 0 unspecified atom stereocenters. The third-order valence-electron chi connectivity index (χ3n) is 3.83. The minimum Gasteiger partial charge on any atom is -0.324 e. The van der Waals surface area contributed by atoms with Gasteiger partial charge >= 0.3 is 0 Å². The zero-order valence-corrected chi connectivity index (χ0v) is 12.1. The van der Waals surface area contributed by atoms with Gasteiger partial charge in [0.25, 0.3) is 5.69 Å². The predicted molar refractivity (Wildman–Crippen MR) is 79.2 cm³/mol. The zero-order chi connectivity index (χ0) is 14.8. The first kappa shape index (κ1) is 14.7. The van der Waals surface area contributed by atoms with Gasteiger partial charge in [-0.15, -0.1) is 0 Å². The van der Waals surface area contributed by atoms with Crippen LogP contribution in [0.25, 0.3) is 0 Å². The summed E-state index contributed by atoms with van der Waals surface area (Å²) < 4.78 is 0. The predicted octanol–water partition coefficient (Wildman–Crippen LogP) is 2.50. The molecule has 6 heteroatoms. The van der Waals surface area contributed by atoms with Crippen LogP contribution in [0.3, 0.4) is 0 Å². The molecule has 0 aromatic heterocycles. The molecule has 1 heterocycles. The molecule has 1 aromatic carbocycles. The Balaban J connectivity index is 2.18. The first-order valence-corrected chi connectivity index (χ1v) is 6.87. The van der Waals surface area contributed by atoms with Gasteiger partial charge in [0.15, 0.2) is 0 Å². The van der Waals surface area contributed by atoms with Crippen LogP contribution in [0.1, 0.15) is 32.3 Å². The van der Waals surface area contributed by atoms with E-state index in [1.54, 1.807) is 12.1 Å². The zero-order valence-electron chi connectivity index (χ0n) is 12.1. The van der Waals surface area contributed by atoms with Crippen LogP contribution in [0.5, 0.6) is 0 Å². The summed E-state index contributed by atoms with van der Waals surface area (Å²) in [7, 11) is 0. The van der Waals surface area contributed by atoms with Crippen molar-refractivity contribution < 1.29 is 4.92 Å². The standard InChI is InChI=1S/C14H22N4O2/c1-14(2)6-3-7-17(10-14)9-11-8-12(18(19)20)4-5-13(11)16-15/h4-5,8,16H,3,6-7,9-10,15H2,1-2H3. The third kappa shape index (κ3) is 3.46. The number of anilines is 1. The number of likely N-dealkylation sites (tertiary alicyclic amines) is 1. The fraction of sp³-hybridized carbons (Fsp3) is 0.571. The van der Waals surface area contributed by atoms with Crippen molar-refractivity contribution in [2.45, 2.75) is 33.2 Å². The largest absolute Gasteiger partial charge is 0.324 e. The van der Waals surface area contributed by atoms with E-state index in [0.717, 1.165) is 30.8 Å². The molecule has 0 aliphatic carbocycles. The van der Waals surface area contributed by atoms with Crippen LogP contribution in [0, 0.1) is 15.5 Å². The van der Waals surface area contributed by atoms with Crippen LogP contribution >= 0.6 is 0 Å². The number of nitro groups is 1. The van der Waals surface area contributed by atoms with Gasteiger partial charge in [0.05, 0.1) is 10.6 Å². The molecule has 110 valence electrons. The minimum atomic E-state index is -0.371. The van der Waals surface area contributed by atoms with Crippen LogP contribution in [0.4, 0.5) is 11.4 Å². The number of nitrogens with zero attached hydrogens (tertiary/aromatic N) is 2. The molecule has 20 heavy (non-hydrogen) atoms. The van der Waals surface area contributed by atoms with E-state index in [4.69, 9.17) is 5.84 Å². The van der Waals surface area contributed by atoms with Crippen LogP contribution in [0.15, 0.2) is 18.2 Å². The van der Waals surface area contributed by atoms with Gasteiger partial charge in [-0.25, -0.2) is 0 Å². The second-order valence-corrected chi connectivity index (χ2v) is 6.22. The quantitative estimate of drug-likeness (QED) is 0.502. The lowest BCUT2D eigenvalue weighted by molar-refractivity contribution is -0.384. The summed E-state index contributed by atoms with van der Waals surface area (Å²) in [5.41, 5.74) is 4.65. The number of non-ortho nitro benzene ring substituents is 1. The molecule has 0 bridgehead atoms. The lowest BCUT2D eigenvalue weighted by Crippen LogP contribution is -2.39. The highest BCUT2D eigenvalue weighted by atomic mass is 16.6. The van der Waals surface area contributed by atoms with Crippen LogP contribution in [0.2, 0.25) is 0 Å². The summed E-state index contributed by atoms with van der Waals surface area (Å²) in [6.07, 6.45) is 2.38. The van der Waals surface area contributed by atoms with E-state index in [9.17, 15) is 10.1 Å². The number of hydrogen-bond donors (Lipinski definition) is 2. The maximum Gasteiger partial charge on any atom is 0.269 e. The van der Waals surface area contributed by atoms with Gasteiger partial charge in [-0.1, -0.05) is 13.8 Å². The smallest absolute Gasteiger partial charge is 0.269 e. The van der Waals surface area contributed by atoms with Gasteiger partial charge in [0.1, 0.15) is 0 Å². The Morgan fingerprint density at radius 3 is 2.85 bits per heavy atom. The van der Waals surface area contributed by atoms with Crippen LogP contribution in [-0.2, 0) is 6.54 Å². The summed E-state index contributed by atoms with van der Waals surface area (Å²) in [5, 5.41) is 10.9. The van der Waals surface area contributed by atoms with E-state index in [-0.39, 0.29) is 10.6 Å². The normalized spacial score (nSPS) is 18.8. The van der Waals surface area contributed by atoms with Gasteiger partial charge in [-0.2, -0.15) is 0 Å². The molecule has 1 aliphatic rings. The van der Waals surface area contributed by atoms with Crippen LogP contribution in [-0.4, -0.2) is 22.9 Å². The van der Waals surface area contributed by atoms with Gasteiger partial charge in [-0.3, -0.25) is 20.9 Å². The van der Waals surface area contributed by atoms with Crippen molar-refractivity contribution in [3.05, 3.63) is 33.9 Å². The van der Waals surface area contributed by atoms with Crippen molar-refractivity contribution in [2.75, 3.05) is 18.5 Å². The summed E-state index contributed by atoms with van der Waals surface area (Å²) in [6.45, 7) is 7.23. The van der Waals surface area contributed by atoms with Crippen molar-refractivity contribution in [1.29, 1.82) is 0 Å². The fourth-order valence-electron chi connectivity index (χ4n) is 2.89. The second kappa shape index (κ2) is 5.76. The van der Waals surface area contributed by atoms with Crippen molar-refractivity contribution in [3.63, 3.8) is 0 Å². The van der Waals surface area contributed by atoms with E-state index < -0.39 is 0 Å². The molecule has 6 nitrogen and oxygen atoms in total. The Morgan fingerprint density at radius 2 is 2.25 bits per heavy atom. The van der Waals surface area contributed by atoms with Crippen molar-refractivity contribution >= 4 is 11.4 Å². The number of nitrogens with one attached hydrogen (secondary N) is 1. The molecule has 1 aromatic rings. The van der Waals surface area contributed by atoms with Gasteiger partial charge in [-0.05, 0) is 36.4 Å². The average molecular weight is 278 g/mol. The number of hydrogen-bond acceptors (Lipinski definition) is 5. The highest BCUT2D eigenvalue weighted by Gasteiger charge is 2.26. The van der Waals surface area contributed by atoms with Crippen molar-refractivity contribution in [1.82, 2.24) is 4.90 Å². The molecular weight excluding hydrogens is 256 g/mol. The van der Waals surface area contributed by atoms with Gasteiger partial charge < -0.3 is 5.43 Å². The lowest BCUT2D eigenvalue weighted by atomic mass is 9.84. The first-order chi connectivity index (χ1) is 9.41. The molecule has 0 amide bonds. The van der Waals surface area contributed by atoms with Crippen molar-refractivity contribution in [2.24, 2.45) is 11.3 Å². The Kier molecular flexibility index (Phi) is 4.25. The SMILES string of the molecule is CC1(C)CCCN(Cc2cc([N+](=O)[O-])ccc2NN)C1. The second-order valence-electron chi connectivity index (χ2n) is 6.22. The molecule has 0 spiro atoms. The van der Waals surface area contributed by atoms with E-state index in [0.29, 0.717) is 12.0 Å². The maximum absolute atomic E-state index is 10.9. The van der Waals surface area contributed by atoms with Gasteiger partial charge in [0.2, 0.25) is 0 Å². The number of nitro benzene ring substituents is 1. The molecule has 0 atom stereocenters. The van der Waals surface area contributed by atoms with E-state index in [1.165, 1.54) is 12.5 Å². The Morgan fingerprint density at radius 1 is 1.50 bits per heavy atom. The molecule has 0 radical (unpaired) electrons. The summed E-state index contributed by atoms with van der Waals surface area (Å²) in [6, 6.07) is 4.75. The monoisotopic (exact) mass is 278 g/mol.